The number of nitrogens with two attached hydrogens (primary N) is 1. The van der Waals surface area contributed by atoms with E-state index < -0.39 is 6.04 Å². The van der Waals surface area contributed by atoms with Gasteiger partial charge in [0.15, 0.2) is 0 Å². The minimum atomic E-state index is -0.507. The lowest BCUT2D eigenvalue weighted by Crippen LogP contribution is -2.32. The number of pyridine rings is 1. The number of anilines is 1. The topological polar surface area (TPSA) is 68.0 Å². The fourth-order valence-corrected chi connectivity index (χ4v) is 0.677. The molecular formula is C8H11N3O. The average molecular weight is 165 g/mol. The van der Waals surface area contributed by atoms with Crippen LogP contribution in [0.2, 0.25) is 0 Å². The lowest BCUT2D eigenvalue weighted by atomic mass is 10.3. The van der Waals surface area contributed by atoms with Crippen LogP contribution in [0.25, 0.3) is 0 Å². The number of nitrogens with one attached hydrogen (secondary N) is 1. The van der Waals surface area contributed by atoms with Crippen LogP contribution in [-0.4, -0.2) is 16.9 Å². The van der Waals surface area contributed by atoms with Gasteiger partial charge in [-0.2, -0.15) is 0 Å². The van der Waals surface area contributed by atoms with Crippen molar-refractivity contribution in [3.8, 4) is 0 Å². The van der Waals surface area contributed by atoms with Crippen molar-refractivity contribution in [2.75, 3.05) is 5.32 Å². The zero-order chi connectivity index (χ0) is 8.97. The molecule has 0 bridgehead atoms. The molecule has 0 saturated heterocycles. The van der Waals surface area contributed by atoms with E-state index in [-0.39, 0.29) is 5.91 Å². The molecule has 3 N–H and O–H groups in total. The monoisotopic (exact) mass is 165 g/mol. The van der Waals surface area contributed by atoms with Crippen LogP contribution in [0.3, 0.4) is 0 Å². The number of amides is 1. The average Bonchev–Trinajstić information content (AvgIpc) is 2.06. The van der Waals surface area contributed by atoms with Gasteiger partial charge >= 0.3 is 0 Å². The number of nitrogens with zero attached hydrogens (tertiary/aromatic N) is 1. The van der Waals surface area contributed by atoms with Gasteiger partial charge in [0.1, 0.15) is 5.82 Å². The number of rotatable bonds is 2. The number of aromatic nitrogens is 1. The summed E-state index contributed by atoms with van der Waals surface area (Å²) in [4.78, 5) is 14.9. The Kier molecular flexibility index (Phi) is 2.76. The summed E-state index contributed by atoms with van der Waals surface area (Å²) in [5, 5.41) is 2.57. The van der Waals surface area contributed by atoms with Gasteiger partial charge in [0.2, 0.25) is 5.91 Å². The van der Waals surface area contributed by atoms with Gasteiger partial charge in [-0.15, -0.1) is 0 Å². The van der Waals surface area contributed by atoms with Crippen LogP contribution in [0.1, 0.15) is 6.92 Å². The van der Waals surface area contributed by atoms with Crippen LogP contribution >= 0.6 is 0 Å². The van der Waals surface area contributed by atoms with Gasteiger partial charge < -0.3 is 11.1 Å². The molecule has 0 spiro atoms. The minimum absolute atomic E-state index is 0.228. The van der Waals surface area contributed by atoms with Crippen molar-refractivity contribution in [2.24, 2.45) is 5.73 Å². The first kappa shape index (κ1) is 8.67. The van der Waals surface area contributed by atoms with Crippen molar-refractivity contribution in [3.05, 3.63) is 24.4 Å². The molecular weight excluding hydrogens is 154 g/mol. The Morgan fingerprint density at radius 2 is 2.42 bits per heavy atom. The quantitative estimate of drug-likeness (QED) is 0.665. The van der Waals surface area contributed by atoms with E-state index in [0.29, 0.717) is 5.82 Å². The molecule has 0 saturated carbocycles. The van der Waals surface area contributed by atoms with Crippen molar-refractivity contribution >= 4 is 11.7 Å². The van der Waals surface area contributed by atoms with E-state index in [2.05, 4.69) is 10.3 Å². The highest BCUT2D eigenvalue weighted by atomic mass is 16.2. The zero-order valence-electron chi connectivity index (χ0n) is 6.82. The molecule has 4 heteroatoms. The van der Waals surface area contributed by atoms with E-state index in [0.717, 1.165) is 0 Å². The van der Waals surface area contributed by atoms with Gasteiger partial charge in [0, 0.05) is 6.20 Å². The van der Waals surface area contributed by atoms with Crippen molar-refractivity contribution < 1.29 is 4.79 Å². The molecule has 1 aromatic rings. The third-order valence-electron chi connectivity index (χ3n) is 1.33. The van der Waals surface area contributed by atoms with Crippen molar-refractivity contribution in [1.29, 1.82) is 0 Å². The van der Waals surface area contributed by atoms with Crippen molar-refractivity contribution in [3.63, 3.8) is 0 Å². The van der Waals surface area contributed by atoms with Gasteiger partial charge in [0.05, 0.1) is 6.04 Å². The smallest absolute Gasteiger partial charge is 0.242 e. The molecule has 0 aliphatic rings. The molecule has 0 aliphatic carbocycles. The third kappa shape index (κ3) is 2.32. The largest absolute Gasteiger partial charge is 0.320 e. The Bertz CT molecular complexity index is 258. The van der Waals surface area contributed by atoms with E-state index >= 15 is 0 Å². The standard InChI is InChI=1S/C8H11N3O/c1-6(9)8(12)11-7-4-2-3-5-10-7/h2-6H,9H2,1H3,(H,10,11,12). The van der Waals surface area contributed by atoms with Crippen LogP contribution in [0.5, 0.6) is 0 Å². The second-order valence-electron chi connectivity index (χ2n) is 2.49. The molecule has 1 heterocycles. The Balaban J connectivity index is 2.59. The lowest BCUT2D eigenvalue weighted by Gasteiger charge is -2.05. The first-order valence-electron chi connectivity index (χ1n) is 3.67. The Morgan fingerprint density at radius 3 is 2.92 bits per heavy atom. The van der Waals surface area contributed by atoms with E-state index in [1.807, 2.05) is 0 Å². The van der Waals surface area contributed by atoms with Crippen molar-refractivity contribution in [1.82, 2.24) is 4.98 Å². The molecule has 12 heavy (non-hydrogen) atoms. The van der Waals surface area contributed by atoms with E-state index in [1.54, 1.807) is 31.3 Å². The lowest BCUT2D eigenvalue weighted by molar-refractivity contribution is -0.117. The number of hydrogen-bond acceptors (Lipinski definition) is 3. The van der Waals surface area contributed by atoms with Gasteiger partial charge in [-0.05, 0) is 19.1 Å². The maximum Gasteiger partial charge on any atom is 0.242 e. The van der Waals surface area contributed by atoms with Crippen LogP contribution in [0.4, 0.5) is 5.82 Å². The van der Waals surface area contributed by atoms with Gasteiger partial charge in [-0.25, -0.2) is 4.98 Å². The SMILES string of the molecule is CC(N)C(=O)Nc1ccccn1. The summed E-state index contributed by atoms with van der Waals surface area (Å²) in [6.07, 6.45) is 1.61. The van der Waals surface area contributed by atoms with Crippen molar-refractivity contribution in [2.45, 2.75) is 13.0 Å². The van der Waals surface area contributed by atoms with E-state index in [1.165, 1.54) is 0 Å². The maximum absolute atomic E-state index is 11.0. The molecule has 1 rings (SSSR count). The molecule has 1 aromatic heterocycles. The first-order valence-corrected chi connectivity index (χ1v) is 3.67. The first-order chi connectivity index (χ1) is 5.70. The summed E-state index contributed by atoms with van der Waals surface area (Å²) in [5.41, 5.74) is 5.34. The molecule has 0 radical (unpaired) electrons. The van der Waals surface area contributed by atoms with E-state index in [4.69, 9.17) is 5.73 Å². The molecule has 1 amide bonds. The highest BCUT2D eigenvalue weighted by molar-refractivity contribution is 5.93. The Morgan fingerprint density at radius 1 is 1.67 bits per heavy atom. The number of carbonyl (C=O) groups excluding carboxylic acids is 1. The summed E-state index contributed by atoms with van der Waals surface area (Å²) in [7, 11) is 0. The second kappa shape index (κ2) is 3.82. The van der Waals surface area contributed by atoms with Gasteiger partial charge in [-0.1, -0.05) is 6.07 Å². The van der Waals surface area contributed by atoms with Crippen LogP contribution in [-0.2, 0) is 4.79 Å². The molecule has 4 nitrogen and oxygen atoms in total. The Labute approximate surface area is 70.8 Å². The predicted octanol–water partition coefficient (Wildman–Crippen LogP) is 0.367. The third-order valence-corrected chi connectivity index (χ3v) is 1.33. The molecule has 0 fully saturated rings. The summed E-state index contributed by atoms with van der Waals surface area (Å²) in [6.45, 7) is 1.62. The molecule has 0 aliphatic heterocycles. The highest BCUT2D eigenvalue weighted by Crippen LogP contribution is 1.99. The summed E-state index contributed by atoms with van der Waals surface area (Å²) < 4.78 is 0. The normalized spacial score (nSPS) is 12.2. The fourth-order valence-electron chi connectivity index (χ4n) is 0.677. The molecule has 0 aromatic carbocycles. The van der Waals surface area contributed by atoms with Crippen LogP contribution in [0, 0.1) is 0 Å². The molecule has 1 atom stereocenters. The van der Waals surface area contributed by atoms with Crippen LogP contribution in [0.15, 0.2) is 24.4 Å². The zero-order valence-corrected chi connectivity index (χ0v) is 6.82. The summed E-state index contributed by atoms with van der Waals surface area (Å²) >= 11 is 0. The van der Waals surface area contributed by atoms with Gasteiger partial charge in [0.25, 0.3) is 0 Å². The molecule has 64 valence electrons. The second-order valence-corrected chi connectivity index (χ2v) is 2.49. The Hall–Kier alpha value is -1.42. The number of carbonyl (C=O) groups is 1. The maximum atomic E-state index is 11.0. The minimum Gasteiger partial charge on any atom is -0.320 e. The summed E-state index contributed by atoms with van der Waals surface area (Å²) in [5.74, 6) is 0.300. The van der Waals surface area contributed by atoms with E-state index in [9.17, 15) is 4.79 Å². The van der Waals surface area contributed by atoms with Gasteiger partial charge in [-0.3, -0.25) is 4.79 Å². The fraction of sp³-hybridized carbons (Fsp3) is 0.250. The molecule has 1 unspecified atom stereocenters. The highest BCUT2D eigenvalue weighted by Gasteiger charge is 2.06. The van der Waals surface area contributed by atoms with Crippen LogP contribution < -0.4 is 11.1 Å². The number of hydrogen-bond donors (Lipinski definition) is 2. The predicted molar refractivity (Wildman–Crippen MR) is 46.5 cm³/mol. The summed E-state index contributed by atoms with van der Waals surface area (Å²) in [6, 6.07) is 4.78.